The van der Waals surface area contributed by atoms with Gasteiger partial charge in [-0.05, 0) is 36.4 Å². The van der Waals surface area contributed by atoms with Crippen molar-refractivity contribution in [3.05, 3.63) is 55.2 Å². The zero-order valence-electron chi connectivity index (χ0n) is 10.5. The van der Waals surface area contributed by atoms with Crippen LogP contribution in [0.15, 0.2) is 29.6 Å². The van der Waals surface area contributed by atoms with Gasteiger partial charge in [-0.2, -0.15) is 0 Å². The number of hydrogen-bond acceptors (Lipinski definition) is 4. The second-order valence-electron chi connectivity index (χ2n) is 4.31. The first kappa shape index (κ1) is 13.8. The summed E-state index contributed by atoms with van der Waals surface area (Å²) in [6.07, 6.45) is 0. The zero-order valence-corrected chi connectivity index (χ0v) is 12.1. The van der Waals surface area contributed by atoms with Gasteiger partial charge in [-0.3, -0.25) is 10.1 Å². The number of hydrogen-bond donors (Lipinski definition) is 1. The molecule has 1 aromatic carbocycles. The first-order chi connectivity index (χ1) is 8.97. The van der Waals surface area contributed by atoms with E-state index in [9.17, 15) is 10.1 Å². The van der Waals surface area contributed by atoms with Gasteiger partial charge in [-0.1, -0.05) is 17.7 Å². The quantitative estimate of drug-likeness (QED) is 0.652. The van der Waals surface area contributed by atoms with Crippen LogP contribution in [0.3, 0.4) is 0 Å². The Labute approximate surface area is 120 Å². The Balaban J connectivity index is 2.22. The number of non-ortho nitro benzene ring substituents is 1. The molecule has 4 nitrogen and oxygen atoms in total. The maximum Gasteiger partial charge on any atom is 0.271 e. The van der Waals surface area contributed by atoms with Gasteiger partial charge in [0.15, 0.2) is 0 Å². The Hall–Kier alpha value is -1.59. The van der Waals surface area contributed by atoms with Gasteiger partial charge in [-0.25, -0.2) is 0 Å². The number of halogens is 1. The van der Waals surface area contributed by atoms with Crippen molar-refractivity contribution < 1.29 is 4.92 Å². The third-order valence-electron chi connectivity index (χ3n) is 2.89. The molecule has 19 heavy (non-hydrogen) atoms. The van der Waals surface area contributed by atoms with Gasteiger partial charge in [0.25, 0.3) is 5.69 Å². The summed E-state index contributed by atoms with van der Waals surface area (Å²) >= 11 is 7.38. The summed E-state index contributed by atoms with van der Waals surface area (Å²) in [5.74, 6) is 0. The summed E-state index contributed by atoms with van der Waals surface area (Å²) in [7, 11) is 0. The lowest BCUT2D eigenvalue weighted by Crippen LogP contribution is -2.07. The van der Waals surface area contributed by atoms with Crippen molar-refractivity contribution in [3.63, 3.8) is 0 Å². The van der Waals surface area contributed by atoms with Crippen molar-refractivity contribution in [2.24, 2.45) is 0 Å². The van der Waals surface area contributed by atoms with Crippen molar-refractivity contribution in [1.82, 2.24) is 0 Å². The summed E-state index contributed by atoms with van der Waals surface area (Å²) in [4.78, 5) is 10.4. The average molecular weight is 297 g/mol. The summed E-state index contributed by atoms with van der Waals surface area (Å²) in [6, 6.07) is 6.75. The number of aryl methyl sites for hydroxylation is 1. The number of nitro benzene ring substituents is 1. The van der Waals surface area contributed by atoms with Crippen LogP contribution in [0.5, 0.6) is 0 Å². The fourth-order valence-corrected chi connectivity index (χ4v) is 2.73. The molecule has 0 bridgehead atoms. The Morgan fingerprint density at radius 3 is 2.74 bits per heavy atom. The second-order valence-corrected chi connectivity index (χ2v) is 5.85. The van der Waals surface area contributed by atoms with Crippen molar-refractivity contribution in [2.45, 2.75) is 19.9 Å². The lowest BCUT2D eigenvalue weighted by Gasteiger charge is -2.15. The highest BCUT2D eigenvalue weighted by atomic mass is 35.5. The summed E-state index contributed by atoms with van der Waals surface area (Å²) in [5.41, 5.74) is 2.90. The molecule has 1 atom stereocenters. The van der Waals surface area contributed by atoms with Crippen LogP contribution in [0.25, 0.3) is 0 Å². The molecular formula is C13H13ClN2O2S. The molecule has 100 valence electrons. The molecule has 1 heterocycles. The SMILES string of the molecule is Cc1ccc([N+](=O)[O-])cc1NC(C)c1csc(Cl)c1. The Bertz CT molecular complexity index is 612. The highest BCUT2D eigenvalue weighted by Gasteiger charge is 2.12. The smallest absolute Gasteiger partial charge is 0.271 e. The molecule has 2 rings (SSSR count). The third-order valence-corrected chi connectivity index (χ3v) is 4.00. The van der Waals surface area contributed by atoms with E-state index >= 15 is 0 Å². The standard InChI is InChI=1S/C13H13ClN2O2S/c1-8-3-4-11(16(17)18)6-12(8)15-9(2)10-5-13(14)19-7-10/h3-7,9,15H,1-2H3. The van der Waals surface area contributed by atoms with Crippen LogP contribution in [0, 0.1) is 17.0 Å². The third kappa shape index (κ3) is 3.24. The number of nitro groups is 1. The van der Waals surface area contributed by atoms with E-state index in [2.05, 4.69) is 5.32 Å². The molecule has 0 radical (unpaired) electrons. The van der Waals surface area contributed by atoms with Crippen LogP contribution in [0.4, 0.5) is 11.4 Å². The van der Waals surface area contributed by atoms with Crippen LogP contribution in [0.1, 0.15) is 24.1 Å². The molecule has 0 aliphatic rings. The largest absolute Gasteiger partial charge is 0.378 e. The molecule has 0 saturated carbocycles. The lowest BCUT2D eigenvalue weighted by atomic mass is 10.1. The first-order valence-corrected chi connectivity index (χ1v) is 6.98. The van der Waals surface area contributed by atoms with Crippen LogP contribution >= 0.6 is 22.9 Å². The van der Waals surface area contributed by atoms with E-state index < -0.39 is 4.92 Å². The van der Waals surface area contributed by atoms with Crippen LogP contribution in [-0.2, 0) is 0 Å². The van der Waals surface area contributed by atoms with E-state index in [-0.39, 0.29) is 11.7 Å². The van der Waals surface area contributed by atoms with Gasteiger partial charge >= 0.3 is 0 Å². The fourth-order valence-electron chi connectivity index (χ4n) is 1.75. The Morgan fingerprint density at radius 2 is 2.16 bits per heavy atom. The summed E-state index contributed by atoms with van der Waals surface area (Å²) in [5, 5.41) is 16.0. The van der Waals surface area contributed by atoms with Crippen molar-refractivity contribution in [2.75, 3.05) is 5.32 Å². The Morgan fingerprint density at radius 1 is 1.42 bits per heavy atom. The van der Waals surface area contributed by atoms with Crippen LogP contribution in [-0.4, -0.2) is 4.92 Å². The minimum absolute atomic E-state index is 0.0458. The highest BCUT2D eigenvalue weighted by molar-refractivity contribution is 7.14. The predicted octanol–water partition coefficient (Wildman–Crippen LogP) is 4.79. The minimum Gasteiger partial charge on any atom is -0.378 e. The molecule has 0 aliphatic carbocycles. The van der Waals surface area contributed by atoms with Gasteiger partial charge < -0.3 is 5.32 Å². The predicted molar refractivity (Wildman–Crippen MR) is 79.2 cm³/mol. The number of benzene rings is 1. The molecule has 1 unspecified atom stereocenters. The molecule has 6 heteroatoms. The van der Waals surface area contributed by atoms with Gasteiger partial charge in [0.2, 0.25) is 0 Å². The zero-order chi connectivity index (χ0) is 14.0. The van der Waals surface area contributed by atoms with Gasteiger partial charge in [0.05, 0.1) is 9.26 Å². The van der Waals surface area contributed by atoms with E-state index in [1.54, 1.807) is 12.1 Å². The number of nitrogens with one attached hydrogen (secondary N) is 1. The molecule has 0 amide bonds. The van der Waals surface area contributed by atoms with Gasteiger partial charge in [-0.15, -0.1) is 11.3 Å². The molecule has 1 N–H and O–H groups in total. The van der Waals surface area contributed by atoms with E-state index in [1.807, 2.05) is 25.3 Å². The molecule has 0 aliphatic heterocycles. The fraction of sp³-hybridized carbons (Fsp3) is 0.231. The lowest BCUT2D eigenvalue weighted by molar-refractivity contribution is -0.384. The minimum atomic E-state index is -0.392. The molecule has 0 saturated heterocycles. The first-order valence-electron chi connectivity index (χ1n) is 5.73. The highest BCUT2D eigenvalue weighted by Crippen LogP contribution is 2.29. The van der Waals surface area contributed by atoms with E-state index in [0.29, 0.717) is 0 Å². The van der Waals surface area contributed by atoms with Gasteiger partial charge in [0, 0.05) is 23.9 Å². The molecular weight excluding hydrogens is 284 g/mol. The van der Waals surface area contributed by atoms with E-state index in [4.69, 9.17) is 11.6 Å². The topological polar surface area (TPSA) is 55.2 Å². The number of thiophene rings is 1. The molecule has 0 spiro atoms. The van der Waals surface area contributed by atoms with Crippen LogP contribution in [0.2, 0.25) is 4.34 Å². The molecule has 0 fully saturated rings. The molecule has 1 aromatic heterocycles. The Kier molecular flexibility index (Phi) is 4.07. The normalized spacial score (nSPS) is 12.2. The van der Waals surface area contributed by atoms with Gasteiger partial charge in [0.1, 0.15) is 0 Å². The van der Waals surface area contributed by atoms with Crippen molar-refractivity contribution in [3.8, 4) is 0 Å². The van der Waals surface area contributed by atoms with Crippen molar-refractivity contribution >= 4 is 34.3 Å². The maximum absolute atomic E-state index is 10.8. The average Bonchev–Trinajstić information content (AvgIpc) is 2.78. The molecule has 2 aromatic rings. The van der Waals surface area contributed by atoms with E-state index in [1.165, 1.54) is 17.4 Å². The maximum atomic E-state index is 10.8. The second kappa shape index (κ2) is 5.59. The van der Waals surface area contributed by atoms with Crippen LogP contribution < -0.4 is 5.32 Å². The number of anilines is 1. The summed E-state index contributed by atoms with van der Waals surface area (Å²) in [6.45, 7) is 3.91. The van der Waals surface area contributed by atoms with E-state index in [0.717, 1.165) is 21.2 Å². The number of rotatable bonds is 4. The monoisotopic (exact) mass is 296 g/mol. The number of nitrogens with zero attached hydrogens (tertiary/aromatic N) is 1. The summed E-state index contributed by atoms with van der Waals surface area (Å²) < 4.78 is 0.736. The van der Waals surface area contributed by atoms with Crippen molar-refractivity contribution in [1.29, 1.82) is 0 Å².